The van der Waals surface area contributed by atoms with Crippen LogP contribution in [0, 0.1) is 0 Å². The standard InChI is InChI=1S/C18H16N2O3/c21-18(20-17-3-1-2-16-15(17)8-9-19-16)12-4-6-13(7-5-12)22-10-14-11-23-14/h1-9,14,19H,10-11H2,(H,20,21). The Kier molecular flexibility index (Phi) is 3.48. The molecule has 5 heteroatoms. The number of aromatic amines is 1. The summed E-state index contributed by atoms with van der Waals surface area (Å²) in [4.78, 5) is 15.5. The van der Waals surface area contributed by atoms with Crippen LogP contribution in [0.5, 0.6) is 5.75 Å². The number of carbonyl (C=O) groups is 1. The van der Waals surface area contributed by atoms with Crippen LogP contribution in [0.15, 0.2) is 54.7 Å². The van der Waals surface area contributed by atoms with E-state index in [0.717, 1.165) is 28.9 Å². The summed E-state index contributed by atoms with van der Waals surface area (Å²) in [5.41, 5.74) is 2.38. The van der Waals surface area contributed by atoms with E-state index in [1.165, 1.54) is 0 Å². The lowest BCUT2D eigenvalue weighted by Gasteiger charge is -2.08. The highest BCUT2D eigenvalue weighted by Crippen LogP contribution is 2.23. The van der Waals surface area contributed by atoms with Gasteiger partial charge in [0.25, 0.3) is 5.91 Å². The number of epoxide rings is 1. The fourth-order valence-electron chi connectivity index (χ4n) is 2.44. The summed E-state index contributed by atoms with van der Waals surface area (Å²) in [6.45, 7) is 1.33. The van der Waals surface area contributed by atoms with E-state index in [-0.39, 0.29) is 12.0 Å². The highest BCUT2D eigenvalue weighted by molar-refractivity contribution is 6.08. The molecule has 3 aromatic rings. The second-order valence-corrected chi connectivity index (χ2v) is 5.49. The van der Waals surface area contributed by atoms with Crippen molar-refractivity contribution in [1.82, 2.24) is 4.98 Å². The molecular formula is C18H16N2O3. The minimum absolute atomic E-state index is 0.143. The van der Waals surface area contributed by atoms with E-state index in [1.807, 2.05) is 30.5 Å². The number of rotatable bonds is 5. The van der Waals surface area contributed by atoms with Crippen molar-refractivity contribution in [2.24, 2.45) is 0 Å². The van der Waals surface area contributed by atoms with E-state index in [0.29, 0.717) is 12.2 Å². The number of carbonyl (C=O) groups excluding carboxylic acids is 1. The molecule has 1 aliphatic rings. The van der Waals surface area contributed by atoms with Crippen LogP contribution in [-0.4, -0.2) is 30.2 Å². The van der Waals surface area contributed by atoms with Gasteiger partial charge in [0, 0.05) is 22.7 Å². The first-order valence-electron chi connectivity index (χ1n) is 7.51. The highest BCUT2D eigenvalue weighted by atomic mass is 16.6. The number of aromatic nitrogens is 1. The van der Waals surface area contributed by atoms with Gasteiger partial charge in [0.1, 0.15) is 18.5 Å². The van der Waals surface area contributed by atoms with Gasteiger partial charge >= 0.3 is 0 Å². The lowest BCUT2D eigenvalue weighted by molar-refractivity contribution is 0.102. The number of ether oxygens (including phenoxy) is 2. The second kappa shape index (κ2) is 5.78. The van der Waals surface area contributed by atoms with Gasteiger partial charge in [-0.05, 0) is 42.5 Å². The van der Waals surface area contributed by atoms with Gasteiger partial charge in [-0.3, -0.25) is 4.79 Å². The molecule has 2 heterocycles. The number of anilines is 1. The van der Waals surface area contributed by atoms with Gasteiger partial charge in [-0.25, -0.2) is 0 Å². The summed E-state index contributed by atoms with van der Waals surface area (Å²) in [6.07, 6.45) is 2.08. The Balaban J connectivity index is 1.46. The SMILES string of the molecule is O=C(Nc1cccc2[nH]ccc12)c1ccc(OCC2CO2)cc1. The Morgan fingerprint density at radius 3 is 2.83 bits per heavy atom. The maximum absolute atomic E-state index is 12.4. The van der Waals surface area contributed by atoms with Crippen molar-refractivity contribution in [3.05, 3.63) is 60.3 Å². The Morgan fingerprint density at radius 1 is 1.22 bits per heavy atom. The van der Waals surface area contributed by atoms with Crippen molar-refractivity contribution in [2.75, 3.05) is 18.5 Å². The molecule has 2 N–H and O–H groups in total. The lowest BCUT2D eigenvalue weighted by Crippen LogP contribution is -2.12. The quantitative estimate of drug-likeness (QED) is 0.711. The van der Waals surface area contributed by atoms with Crippen LogP contribution >= 0.6 is 0 Å². The number of benzene rings is 2. The van der Waals surface area contributed by atoms with Gasteiger partial charge in [0.2, 0.25) is 0 Å². The average molecular weight is 308 g/mol. The number of hydrogen-bond acceptors (Lipinski definition) is 3. The molecule has 23 heavy (non-hydrogen) atoms. The minimum Gasteiger partial charge on any atom is -0.491 e. The van der Waals surface area contributed by atoms with Crippen molar-refractivity contribution in [2.45, 2.75) is 6.10 Å². The van der Waals surface area contributed by atoms with Gasteiger partial charge in [0.15, 0.2) is 0 Å². The number of H-pyrrole nitrogens is 1. The molecule has 1 aliphatic heterocycles. The molecule has 0 saturated carbocycles. The number of amides is 1. The fraction of sp³-hybridized carbons (Fsp3) is 0.167. The first kappa shape index (κ1) is 13.8. The van der Waals surface area contributed by atoms with Crippen molar-refractivity contribution in [3.8, 4) is 5.75 Å². The molecule has 0 aliphatic carbocycles. The van der Waals surface area contributed by atoms with Gasteiger partial charge in [-0.1, -0.05) is 6.07 Å². The monoisotopic (exact) mass is 308 g/mol. The van der Waals surface area contributed by atoms with Crippen molar-refractivity contribution in [3.63, 3.8) is 0 Å². The van der Waals surface area contributed by atoms with Crippen LogP contribution in [0.1, 0.15) is 10.4 Å². The number of hydrogen-bond donors (Lipinski definition) is 2. The summed E-state index contributed by atoms with van der Waals surface area (Å²) >= 11 is 0. The van der Waals surface area contributed by atoms with E-state index in [1.54, 1.807) is 24.3 Å². The van der Waals surface area contributed by atoms with Crippen molar-refractivity contribution in [1.29, 1.82) is 0 Å². The normalized spacial score (nSPS) is 16.3. The molecule has 116 valence electrons. The Labute approximate surface area is 133 Å². The topological polar surface area (TPSA) is 66.7 Å². The highest BCUT2D eigenvalue weighted by Gasteiger charge is 2.23. The van der Waals surface area contributed by atoms with Gasteiger partial charge in [-0.15, -0.1) is 0 Å². The molecule has 5 nitrogen and oxygen atoms in total. The van der Waals surface area contributed by atoms with Gasteiger partial charge < -0.3 is 19.8 Å². The van der Waals surface area contributed by atoms with Crippen LogP contribution in [0.4, 0.5) is 5.69 Å². The van der Waals surface area contributed by atoms with Crippen molar-refractivity contribution >= 4 is 22.5 Å². The molecule has 1 unspecified atom stereocenters. The molecule has 1 saturated heterocycles. The van der Waals surface area contributed by atoms with E-state index >= 15 is 0 Å². The molecule has 2 aromatic carbocycles. The molecule has 1 fully saturated rings. The molecule has 1 atom stereocenters. The predicted molar refractivity (Wildman–Crippen MR) is 87.9 cm³/mol. The van der Waals surface area contributed by atoms with E-state index in [9.17, 15) is 4.79 Å². The zero-order chi connectivity index (χ0) is 15.6. The molecule has 0 bridgehead atoms. The molecule has 1 amide bonds. The van der Waals surface area contributed by atoms with Crippen LogP contribution < -0.4 is 10.1 Å². The van der Waals surface area contributed by atoms with E-state index < -0.39 is 0 Å². The smallest absolute Gasteiger partial charge is 0.255 e. The molecule has 0 radical (unpaired) electrons. The third-order valence-electron chi connectivity index (χ3n) is 3.80. The first-order chi connectivity index (χ1) is 11.3. The van der Waals surface area contributed by atoms with Crippen molar-refractivity contribution < 1.29 is 14.3 Å². The maximum Gasteiger partial charge on any atom is 0.255 e. The number of fused-ring (bicyclic) bond motifs is 1. The first-order valence-corrected chi connectivity index (χ1v) is 7.51. The molecule has 4 rings (SSSR count). The molecule has 0 spiro atoms. The number of nitrogens with one attached hydrogen (secondary N) is 2. The van der Waals surface area contributed by atoms with Gasteiger partial charge in [0.05, 0.1) is 12.3 Å². The Bertz CT molecular complexity index is 835. The summed E-state index contributed by atoms with van der Waals surface area (Å²) in [7, 11) is 0. The maximum atomic E-state index is 12.4. The average Bonchev–Trinajstić information content (AvgIpc) is 3.28. The predicted octanol–water partition coefficient (Wildman–Crippen LogP) is 3.20. The van der Waals surface area contributed by atoms with Crippen LogP contribution in [-0.2, 0) is 4.74 Å². The summed E-state index contributed by atoms with van der Waals surface area (Å²) < 4.78 is 10.7. The Morgan fingerprint density at radius 2 is 2.04 bits per heavy atom. The third kappa shape index (κ3) is 3.05. The summed E-state index contributed by atoms with van der Waals surface area (Å²) in [5.74, 6) is 0.598. The Hall–Kier alpha value is -2.79. The zero-order valence-corrected chi connectivity index (χ0v) is 12.4. The van der Waals surface area contributed by atoms with Crippen LogP contribution in [0.3, 0.4) is 0 Å². The lowest BCUT2D eigenvalue weighted by atomic mass is 10.1. The van der Waals surface area contributed by atoms with E-state index in [4.69, 9.17) is 9.47 Å². The fourth-order valence-corrected chi connectivity index (χ4v) is 2.44. The van der Waals surface area contributed by atoms with Crippen LogP contribution in [0.25, 0.3) is 10.9 Å². The zero-order valence-electron chi connectivity index (χ0n) is 12.4. The third-order valence-corrected chi connectivity index (χ3v) is 3.80. The largest absolute Gasteiger partial charge is 0.491 e. The molecular weight excluding hydrogens is 292 g/mol. The second-order valence-electron chi connectivity index (χ2n) is 5.49. The summed E-state index contributed by atoms with van der Waals surface area (Å²) in [6, 6.07) is 14.8. The summed E-state index contributed by atoms with van der Waals surface area (Å²) in [5, 5.41) is 3.94. The molecule has 1 aromatic heterocycles. The van der Waals surface area contributed by atoms with Gasteiger partial charge in [-0.2, -0.15) is 0 Å². The minimum atomic E-state index is -0.143. The van der Waals surface area contributed by atoms with E-state index in [2.05, 4.69) is 10.3 Å². The van der Waals surface area contributed by atoms with Crippen LogP contribution in [0.2, 0.25) is 0 Å².